The molecule has 0 aliphatic carbocycles. The number of anilines is 1. The van der Waals surface area contributed by atoms with Gasteiger partial charge in [-0.15, -0.1) is 0 Å². The number of carbonyl (C=O) groups excluding carboxylic acids is 2. The van der Waals surface area contributed by atoms with E-state index in [1.807, 2.05) is 27.1 Å². The molecule has 2 heterocycles. The number of carbonyl (C=O) groups is 2. The Hall–Kier alpha value is -2.54. The summed E-state index contributed by atoms with van der Waals surface area (Å²) in [6, 6.07) is 4.90. The molecule has 2 amide bonds. The maximum absolute atomic E-state index is 12.4. The topological polar surface area (TPSA) is 76.5 Å². The number of hydrogen-bond donors (Lipinski definition) is 1. The Morgan fingerprint density at radius 3 is 2.92 bits per heavy atom. The summed E-state index contributed by atoms with van der Waals surface area (Å²) < 4.78 is 7.09. The van der Waals surface area contributed by atoms with Gasteiger partial charge >= 0.3 is 0 Å². The average molecular weight is 363 g/mol. The highest BCUT2D eigenvalue weighted by Crippen LogP contribution is 2.37. The minimum Gasteiger partial charge on any atom is -0.480 e. The normalized spacial score (nSPS) is 14.7. The summed E-state index contributed by atoms with van der Waals surface area (Å²) in [5, 5.41) is 7.59. The summed E-state index contributed by atoms with van der Waals surface area (Å²) in [5.41, 5.74) is 2.30. The molecule has 8 heteroatoms. The molecule has 3 rings (SSSR count). The fourth-order valence-electron chi connectivity index (χ4n) is 2.92. The van der Waals surface area contributed by atoms with E-state index < -0.39 is 0 Å². The first-order valence-corrected chi connectivity index (χ1v) is 8.25. The molecule has 0 spiro atoms. The largest absolute Gasteiger partial charge is 0.480 e. The van der Waals surface area contributed by atoms with Crippen molar-refractivity contribution in [1.29, 1.82) is 0 Å². The highest BCUT2D eigenvalue weighted by Gasteiger charge is 2.29. The number of rotatable bonds is 4. The molecule has 25 heavy (non-hydrogen) atoms. The maximum Gasteiger partial charge on any atom is 0.265 e. The van der Waals surface area contributed by atoms with Crippen molar-refractivity contribution in [2.45, 2.75) is 19.9 Å². The molecule has 7 nitrogen and oxygen atoms in total. The molecule has 1 aromatic carbocycles. The molecule has 1 aliphatic heterocycles. The minimum atomic E-state index is -0.282. The van der Waals surface area contributed by atoms with Gasteiger partial charge in [0, 0.05) is 18.8 Å². The second kappa shape index (κ2) is 6.76. The van der Waals surface area contributed by atoms with Crippen LogP contribution >= 0.6 is 11.6 Å². The number of benzene rings is 1. The number of para-hydroxylation sites is 1. The zero-order valence-electron chi connectivity index (χ0n) is 14.2. The van der Waals surface area contributed by atoms with Crippen LogP contribution in [0.4, 0.5) is 5.69 Å². The SMILES string of the molecule is Cc1nn(C)cc1[C@@H](C)NC(=O)CN1C(=O)COc2c(Cl)cccc21. The monoisotopic (exact) mass is 362 g/mol. The summed E-state index contributed by atoms with van der Waals surface area (Å²) in [6.07, 6.45) is 1.87. The van der Waals surface area contributed by atoms with Crippen molar-refractivity contribution < 1.29 is 14.3 Å². The van der Waals surface area contributed by atoms with Crippen LogP contribution in [0.25, 0.3) is 0 Å². The van der Waals surface area contributed by atoms with Crippen LogP contribution in [0.5, 0.6) is 5.75 Å². The van der Waals surface area contributed by atoms with Crippen LogP contribution in [-0.4, -0.2) is 34.7 Å². The molecular formula is C17H19ClN4O3. The van der Waals surface area contributed by atoms with E-state index in [1.54, 1.807) is 22.9 Å². The standard InChI is InChI=1S/C17H19ClN4O3/c1-10(12-7-21(3)20-11(12)2)19-15(23)8-22-14-6-4-5-13(18)17(14)25-9-16(22)24/h4-7,10H,8-9H2,1-3H3,(H,19,23)/t10-/m1/s1. The molecule has 0 unspecified atom stereocenters. The highest BCUT2D eigenvalue weighted by atomic mass is 35.5. The van der Waals surface area contributed by atoms with Crippen LogP contribution < -0.4 is 15.0 Å². The molecule has 1 aliphatic rings. The number of nitrogens with one attached hydrogen (secondary N) is 1. The zero-order valence-corrected chi connectivity index (χ0v) is 15.0. The van der Waals surface area contributed by atoms with Crippen LogP contribution in [0.2, 0.25) is 5.02 Å². The van der Waals surface area contributed by atoms with Crippen molar-refractivity contribution in [3.63, 3.8) is 0 Å². The van der Waals surface area contributed by atoms with Crippen LogP contribution in [0.3, 0.4) is 0 Å². The first-order chi connectivity index (χ1) is 11.9. The predicted octanol–water partition coefficient (Wildman–Crippen LogP) is 1.98. The van der Waals surface area contributed by atoms with E-state index in [1.165, 1.54) is 4.90 Å². The molecule has 0 saturated heterocycles. The van der Waals surface area contributed by atoms with Crippen LogP contribution in [-0.2, 0) is 16.6 Å². The molecule has 0 bridgehead atoms. The number of hydrogen-bond acceptors (Lipinski definition) is 4. The van der Waals surface area contributed by atoms with E-state index in [-0.39, 0.29) is 31.0 Å². The van der Waals surface area contributed by atoms with Gasteiger partial charge < -0.3 is 10.1 Å². The van der Waals surface area contributed by atoms with Gasteiger partial charge in [0.2, 0.25) is 5.91 Å². The Labute approximate surface area is 150 Å². The molecule has 1 atom stereocenters. The van der Waals surface area contributed by atoms with Gasteiger partial charge in [-0.3, -0.25) is 19.2 Å². The van der Waals surface area contributed by atoms with E-state index in [9.17, 15) is 9.59 Å². The smallest absolute Gasteiger partial charge is 0.265 e. The number of fused-ring (bicyclic) bond motifs is 1. The second-order valence-corrected chi connectivity index (χ2v) is 6.40. The van der Waals surface area contributed by atoms with Crippen LogP contribution in [0, 0.1) is 6.92 Å². The first-order valence-electron chi connectivity index (χ1n) is 7.88. The molecule has 2 aromatic rings. The predicted molar refractivity (Wildman–Crippen MR) is 93.8 cm³/mol. The van der Waals surface area contributed by atoms with Crippen LogP contribution in [0.1, 0.15) is 24.2 Å². The Bertz CT molecular complexity index is 833. The van der Waals surface area contributed by atoms with E-state index in [4.69, 9.17) is 16.3 Å². The Morgan fingerprint density at radius 2 is 2.24 bits per heavy atom. The summed E-state index contributed by atoms with van der Waals surface area (Å²) >= 11 is 6.10. The average Bonchev–Trinajstić information content (AvgIpc) is 2.89. The lowest BCUT2D eigenvalue weighted by molar-refractivity contribution is -0.125. The lowest BCUT2D eigenvalue weighted by atomic mass is 10.1. The number of nitrogens with zero attached hydrogens (tertiary/aromatic N) is 3. The van der Waals surface area contributed by atoms with E-state index >= 15 is 0 Å². The van der Waals surface area contributed by atoms with E-state index in [0.717, 1.165) is 11.3 Å². The molecular weight excluding hydrogens is 344 g/mol. The Balaban J connectivity index is 1.74. The summed E-state index contributed by atoms with van der Waals surface area (Å²) in [4.78, 5) is 26.0. The van der Waals surface area contributed by atoms with Crippen LogP contribution in [0.15, 0.2) is 24.4 Å². The third-order valence-electron chi connectivity index (χ3n) is 4.08. The van der Waals surface area contributed by atoms with Gasteiger partial charge in [-0.05, 0) is 26.0 Å². The van der Waals surface area contributed by atoms with Gasteiger partial charge in [0.15, 0.2) is 12.4 Å². The van der Waals surface area contributed by atoms with Crippen molar-refractivity contribution in [2.24, 2.45) is 7.05 Å². The quantitative estimate of drug-likeness (QED) is 0.902. The van der Waals surface area contributed by atoms with Gasteiger partial charge in [-0.2, -0.15) is 5.10 Å². The summed E-state index contributed by atoms with van der Waals surface area (Å²) in [6.45, 7) is 3.54. The number of ether oxygens (including phenoxy) is 1. The number of halogens is 1. The molecule has 1 aromatic heterocycles. The van der Waals surface area contributed by atoms with Gasteiger partial charge in [-0.1, -0.05) is 17.7 Å². The fraction of sp³-hybridized carbons (Fsp3) is 0.353. The number of aryl methyl sites for hydroxylation is 2. The number of amides is 2. The van der Waals surface area contributed by atoms with Gasteiger partial charge in [0.05, 0.1) is 22.4 Å². The summed E-state index contributed by atoms with van der Waals surface area (Å²) in [5.74, 6) is -0.125. The van der Waals surface area contributed by atoms with Crippen molar-refractivity contribution in [1.82, 2.24) is 15.1 Å². The lowest BCUT2D eigenvalue weighted by Crippen LogP contribution is -2.45. The maximum atomic E-state index is 12.4. The molecule has 1 N–H and O–H groups in total. The molecule has 0 radical (unpaired) electrons. The van der Waals surface area contributed by atoms with Crippen molar-refractivity contribution in [2.75, 3.05) is 18.1 Å². The van der Waals surface area contributed by atoms with E-state index in [2.05, 4.69) is 10.4 Å². The Kier molecular flexibility index (Phi) is 4.67. The zero-order chi connectivity index (χ0) is 18.1. The second-order valence-electron chi connectivity index (χ2n) is 5.99. The van der Waals surface area contributed by atoms with Gasteiger partial charge in [-0.25, -0.2) is 0 Å². The third kappa shape index (κ3) is 3.46. The molecule has 0 saturated carbocycles. The Morgan fingerprint density at radius 1 is 1.48 bits per heavy atom. The van der Waals surface area contributed by atoms with Crippen molar-refractivity contribution in [3.05, 3.63) is 40.7 Å². The first kappa shape index (κ1) is 17.3. The summed E-state index contributed by atoms with van der Waals surface area (Å²) in [7, 11) is 1.83. The minimum absolute atomic E-state index is 0.0980. The van der Waals surface area contributed by atoms with Gasteiger partial charge in [0.1, 0.15) is 6.54 Å². The molecule has 132 valence electrons. The lowest BCUT2D eigenvalue weighted by Gasteiger charge is -2.29. The van der Waals surface area contributed by atoms with Gasteiger partial charge in [0.25, 0.3) is 5.91 Å². The third-order valence-corrected chi connectivity index (χ3v) is 4.37. The van der Waals surface area contributed by atoms with Crippen molar-refractivity contribution >= 4 is 29.1 Å². The van der Waals surface area contributed by atoms with E-state index in [0.29, 0.717) is 16.5 Å². The highest BCUT2D eigenvalue weighted by molar-refractivity contribution is 6.32. The fourth-order valence-corrected chi connectivity index (χ4v) is 3.15. The van der Waals surface area contributed by atoms with Crippen molar-refractivity contribution in [3.8, 4) is 5.75 Å². The molecule has 0 fully saturated rings. The number of aromatic nitrogens is 2.